The van der Waals surface area contributed by atoms with Crippen LogP contribution in [-0.4, -0.2) is 63.2 Å². The molecule has 3 saturated heterocycles. The quantitative estimate of drug-likeness (QED) is 0.405. The Morgan fingerprint density at radius 2 is 1.51 bits per heavy atom. The first kappa shape index (κ1) is 28.3. The molecule has 0 aromatic heterocycles. The number of sulfonamides is 1. The number of nitrogens with one attached hydrogen (secondary N) is 1. The average Bonchev–Trinajstić information content (AvgIpc) is 3.47. The van der Waals surface area contributed by atoms with Gasteiger partial charge in [-0.05, 0) is 35.4 Å². The number of ether oxygens (including phenoxy) is 4. The number of aliphatic hydroxyl groups is 1. The Morgan fingerprint density at radius 1 is 0.854 bits per heavy atom. The van der Waals surface area contributed by atoms with Gasteiger partial charge in [0.25, 0.3) is 10.0 Å². The lowest BCUT2D eigenvalue weighted by atomic mass is 9.98. The van der Waals surface area contributed by atoms with Gasteiger partial charge >= 0.3 is 0 Å². The van der Waals surface area contributed by atoms with E-state index in [0.717, 1.165) is 49.2 Å². The summed E-state index contributed by atoms with van der Waals surface area (Å²) in [4.78, 5) is 2.60. The van der Waals surface area contributed by atoms with Crippen LogP contribution >= 0.6 is 0 Å². The van der Waals surface area contributed by atoms with Crippen LogP contribution in [0.1, 0.15) is 48.3 Å². The summed E-state index contributed by atoms with van der Waals surface area (Å²) in [5.74, 6) is -0.420. The second kappa shape index (κ2) is 12.2. The molecule has 3 aromatic carbocycles. The highest BCUT2D eigenvalue weighted by Gasteiger charge is 2.41. The molecule has 3 unspecified atom stereocenters. The Labute approximate surface area is 241 Å². The van der Waals surface area contributed by atoms with Crippen molar-refractivity contribution < 1.29 is 32.5 Å². The predicted octanol–water partition coefficient (Wildman–Crippen LogP) is 4.36. The van der Waals surface area contributed by atoms with E-state index in [2.05, 4.69) is 9.62 Å². The van der Waals surface area contributed by atoms with Gasteiger partial charge in [0.2, 0.25) is 0 Å². The minimum absolute atomic E-state index is 0.00950. The van der Waals surface area contributed by atoms with Crippen LogP contribution in [0.4, 0.5) is 5.69 Å². The maximum atomic E-state index is 12.8. The van der Waals surface area contributed by atoms with Gasteiger partial charge in [0.05, 0.1) is 36.9 Å². The molecule has 3 aromatic rings. The van der Waals surface area contributed by atoms with Crippen molar-refractivity contribution in [2.45, 2.75) is 55.0 Å². The van der Waals surface area contributed by atoms with Crippen molar-refractivity contribution in [3.8, 4) is 0 Å². The van der Waals surface area contributed by atoms with E-state index in [1.54, 1.807) is 42.5 Å². The van der Waals surface area contributed by atoms with Crippen LogP contribution in [0.25, 0.3) is 0 Å². The van der Waals surface area contributed by atoms with Crippen LogP contribution in [-0.2, 0) is 35.6 Å². The number of benzene rings is 3. The van der Waals surface area contributed by atoms with E-state index in [9.17, 15) is 13.5 Å². The monoisotopic (exact) mass is 580 g/mol. The minimum Gasteiger partial charge on any atom is -0.392 e. The van der Waals surface area contributed by atoms with Crippen molar-refractivity contribution in [2.24, 2.45) is 0 Å². The van der Waals surface area contributed by atoms with Crippen molar-refractivity contribution in [1.29, 1.82) is 0 Å². The lowest BCUT2D eigenvalue weighted by Gasteiger charge is -2.41. The third-order valence-corrected chi connectivity index (χ3v) is 9.39. The molecule has 0 bridgehead atoms. The fourth-order valence-electron chi connectivity index (χ4n) is 5.70. The Balaban J connectivity index is 1.16. The average molecular weight is 581 g/mol. The molecule has 6 rings (SSSR count). The molecule has 218 valence electrons. The lowest BCUT2D eigenvalue weighted by Crippen LogP contribution is -2.48. The summed E-state index contributed by atoms with van der Waals surface area (Å²) in [6.07, 6.45) is 1.48. The fraction of sp³-hybridized carbons (Fsp3) is 0.419. The van der Waals surface area contributed by atoms with Crippen LogP contribution in [0, 0.1) is 0 Å². The molecular formula is C31H36N2O7S. The number of piperidine rings is 1. The van der Waals surface area contributed by atoms with E-state index in [0.29, 0.717) is 25.3 Å². The second-order valence-electron chi connectivity index (χ2n) is 10.8. The van der Waals surface area contributed by atoms with Crippen molar-refractivity contribution in [2.75, 3.05) is 37.6 Å². The Hall–Kier alpha value is -2.83. The molecule has 0 radical (unpaired) electrons. The van der Waals surface area contributed by atoms with Crippen LogP contribution in [0.2, 0.25) is 0 Å². The maximum absolute atomic E-state index is 12.8. The third-order valence-electron chi connectivity index (χ3n) is 8.00. The highest BCUT2D eigenvalue weighted by atomic mass is 32.2. The summed E-state index contributed by atoms with van der Waals surface area (Å²) in [6, 6.07) is 23.2. The van der Waals surface area contributed by atoms with E-state index in [1.807, 2.05) is 36.4 Å². The number of aliphatic hydroxyl groups excluding tert-OH is 1. The van der Waals surface area contributed by atoms with Gasteiger partial charge in [0.1, 0.15) is 0 Å². The predicted molar refractivity (Wildman–Crippen MR) is 152 cm³/mol. The summed E-state index contributed by atoms with van der Waals surface area (Å²) in [7, 11) is -3.69. The highest BCUT2D eigenvalue weighted by molar-refractivity contribution is 7.92. The van der Waals surface area contributed by atoms with Crippen molar-refractivity contribution in [3.05, 3.63) is 95.6 Å². The largest absolute Gasteiger partial charge is 0.392 e. The highest BCUT2D eigenvalue weighted by Crippen LogP contribution is 2.39. The molecular weight excluding hydrogens is 544 g/mol. The zero-order valence-electron chi connectivity index (χ0n) is 22.9. The molecule has 2 N–H and O–H groups in total. The van der Waals surface area contributed by atoms with Gasteiger partial charge < -0.3 is 29.0 Å². The first-order chi connectivity index (χ1) is 19.9. The van der Waals surface area contributed by atoms with Crippen LogP contribution in [0.15, 0.2) is 83.8 Å². The molecule has 0 amide bonds. The Kier molecular flexibility index (Phi) is 8.41. The summed E-state index contributed by atoms with van der Waals surface area (Å²) >= 11 is 0. The van der Waals surface area contributed by atoms with Crippen LogP contribution in [0.3, 0.4) is 0 Å². The topological polar surface area (TPSA) is 107 Å². The molecule has 10 heteroatoms. The van der Waals surface area contributed by atoms with Crippen LogP contribution < -0.4 is 4.72 Å². The molecule has 1 spiro atoms. The van der Waals surface area contributed by atoms with E-state index in [-0.39, 0.29) is 23.7 Å². The van der Waals surface area contributed by atoms with Gasteiger partial charge in [-0.3, -0.25) is 4.72 Å². The fourth-order valence-corrected chi connectivity index (χ4v) is 6.78. The first-order valence-corrected chi connectivity index (χ1v) is 15.6. The SMILES string of the molecule is O=S(=O)(Nc1ccc(C2OC(CN3CCC4(CC3)OCCO4)CC(c3ccc(CO)cc3)O2)cc1)c1ccccc1. The van der Waals surface area contributed by atoms with Gasteiger partial charge in [0, 0.05) is 50.1 Å². The van der Waals surface area contributed by atoms with E-state index >= 15 is 0 Å². The van der Waals surface area contributed by atoms with E-state index in [1.165, 1.54) is 0 Å². The molecule has 0 saturated carbocycles. The van der Waals surface area contributed by atoms with Gasteiger partial charge in [-0.1, -0.05) is 54.6 Å². The summed E-state index contributed by atoms with van der Waals surface area (Å²) in [5, 5.41) is 9.47. The molecule has 9 nitrogen and oxygen atoms in total. The minimum atomic E-state index is -3.69. The molecule has 3 fully saturated rings. The normalized spacial score (nSPS) is 24.9. The summed E-state index contributed by atoms with van der Waals surface area (Å²) < 4.78 is 52.9. The molecule has 3 atom stereocenters. The molecule has 3 aliphatic rings. The smallest absolute Gasteiger partial charge is 0.261 e. The van der Waals surface area contributed by atoms with Gasteiger partial charge in [-0.2, -0.15) is 0 Å². The van der Waals surface area contributed by atoms with Gasteiger partial charge in [0.15, 0.2) is 12.1 Å². The number of hydrogen-bond acceptors (Lipinski definition) is 8. The molecule has 3 aliphatic heterocycles. The van der Waals surface area contributed by atoms with Crippen molar-refractivity contribution >= 4 is 15.7 Å². The van der Waals surface area contributed by atoms with E-state index < -0.39 is 22.1 Å². The Morgan fingerprint density at radius 3 is 2.17 bits per heavy atom. The first-order valence-electron chi connectivity index (χ1n) is 14.1. The maximum Gasteiger partial charge on any atom is 0.261 e. The number of nitrogens with zero attached hydrogens (tertiary/aromatic N) is 1. The zero-order chi connectivity index (χ0) is 28.3. The molecule has 3 heterocycles. The number of anilines is 1. The van der Waals surface area contributed by atoms with Crippen molar-refractivity contribution in [3.63, 3.8) is 0 Å². The number of likely N-dealkylation sites (tertiary alicyclic amines) is 1. The molecule has 0 aliphatic carbocycles. The Bertz CT molecular complexity index is 1380. The van der Waals surface area contributed by atoms with E-state index in [4.69, 9.17) is 18.9 Å². The summed E-state index contributed by atoms with van der Waals surface area (Å²) in [5.41, 5.74) is 3.14. The van der Waals surface area contributed by atoms with Gasteiger partial charge in [-0.15, -0.1) is 0 Å². The number of hydrogen-bond donors (Lipinski definition) is 2. The van der Waals surface area contributed by atoms with Gasteiger partial charge in [-0.25, -0.2) is 8.42 Å². The number of rotatable bonds is 8. The molecule has 41 heavy (non-hydrogen) atoms. The second-order valence-corrected chi connectivity index (χ2v) is 12.5. The van der Waals surface area contributed by atoms with Crippen molar-refractivity contribution in [1.82, 2.24) is 4.90 Å². The van der Waals surface area contributed by atoms with Crippen LogP contribution in [0.5, 0.6) is 0 Å². The zero-order valence-corrected chi connectivity index (χ0v) is 23.7. The summed E-state index contributed by atoms with van der Waals surface area (Å²) in [6.45, 7) is 3.82. The third kappa shape index (κ3) is 6.65. The standard InChI is InChI=1S/C31H36N2O7S/c34-22-23-6-8-24(9-7-23)29-20-27(21-33-16-14-31(15-17-33)37-18-19-38-31)39-30(40-29)25-10-12-26(13-11-25)32-41(35,36)28-4-2-1-3-5-28/h1-13,27,29-30,32,34H,14-22H2. The lowest BCUT2D eigenvalue weighted by molar-refractivity contribution is -0.255.